The van der Waals surface area contributed by atoms with Crippen LogP contribution in [0, 0.1) is 0 Å². The molecule has 0 radical (unpaired) electrons. The molecule has 0 spiro atoms. The van der Waals surface area contributed by atoms with Crippen molar-refractivity contribution in [1.82, 2.24) is 5.32 Å². The van der Waals surface area contributed by atoms with Crippen LogP contribution in [0.3, 0.4) is 0 Å². The third-order valence-electron chi connectivity index (χ3n) is 15.2. The average Bonchev–Trinajstić information content (AvgIpc) is 3.35. The second kappa shape index (κ2) is 50.7. The number of amides is 1. The molecule has 412 valence electrons. The van der Waals surface area contributed by atoms with Crippen molar-refractivity contribution in [2.24, 2.45) is 0 Å². The predicted octanol–water partition coefficient (Wildman–Crippen LogP) is 15.4. The standard InChI is InChI=1S/C60H119NO8/c1-3-5-7-9-11-13-15-16-17-18-19-20-21-22-23-24-25-26-27-28-29-30-31-32-33-34-35-36-37-38-40-42-44-46-48-50-56(64)61-53(52-68-60-59(67)58(66)57(65)55(51-62)69-60)54(63)49-47-45-43-41-39-14-12-10-8-6-4-2/h53-55,57-60,62-63,65-67H,3-52H2,1-2H3,(H,61,64)/t53-,54+,55+,57+,58?,59?,60+/m0/s1. The van der Waals surface area contributed by atoms with E-state index >= 15 is 0 Å². The molecule has 6 N–H and O–H groups in total. The van der Waals surface area contributed by atoms with Crippen molar-refractivity contribution >= 4 is 5.91 Å². The number of aliphatic hydroxyl groups excluding tert-OH is 5. The highest BCUT2D eigenvalue weighted by molar-refractivity contribution is 5.76. The summed E-state index contributed by atoms with van der Waals surface area (Å²) in [5, 5.41) is 54.5. The SMILES string of the molecule is CCCCCCCCCCCCCCCCCCCCCCCCCCCCCCCCCCCCCC(=O)N[C@@H](CO[C@@H]1O[C@H](CO)[C@@H](O)C(O)C1O)[C@H](O)CCCCCCCCCCCCC. The summed E-state index contributed by atoms with van der Waals surface area (Å²) in [5.41, 5.74) is 0. The van der Waals surface area contributed by atoms with Gasteiger partial charge >= 0.3 is 0 Å². The van der Waals surface area contributed by atoms with Crippen LogP contribution in [0.2, 0.25) is 0 Å². The lowest BCUT2D eigenvalue weighted by Gasteiger charge is -2.40. The van der Waals surface area contributed by atoms with Crippen LogP contribution in [0.5, 0.6) is 0 Å². The second-order valence-electron chi connectivity index (χ2n) is 21.9. The van der Waals surface area contributed by atoms with Crippen molar-refractivity contribution in [2.45, 2.75) is 365 Å². The minimum absolute atomic E-state index is 0.132. The fourth-order valence-electron chi connectivity index (χ4n) is 10.3. The lowest BCUT2D eigenvalue weighted by atomic mass is 9.99. The summed E-state index contributed by atoms with van der Waals surface area (Å²) < 4.78 is 11.3. The molecule has 2 unspecified atom stereocenters. The van der Waals surface area contributed by atoms with Crippen LogP contribution in [0.1, 0.15) is 322 Å². The summed E-state index contributed by atoms with van der Waals surface area (Å²) >= 11 is 0. The van der Waals surface area contributed by atoms with Gasteiger partial charge in [-0.3, -0.25) is 4.79 Å². The topological polar surface area (TPSA) is 149 Å². The smallest absolute Gasteiger partial charge is 0.220 e. The molecule has 0 aromatic carbocycles. The summed E-state index contributed by atoms with van der Waals surface area (Å²) in [4.78, 5) is 13.0. The van der Waals surface area contributed by atoms with Gasteiger partial charge in [0.15, 0.2) is 6.29 Å². The Kier molecular flexibility index (Phi) is 48.7. The van der Waals surface area contributed by atoms with E-state index in [2.05, 4.69) is 19.2 Å². The first-order valence-corrected chi connectivity index (χ1v) is 30.7. The molecule has 1 aliphatic heterocycles. The van der Waals surface area contributed by atoms with Gasteiger partial charge in [0.2, 0.25) is 5.91 Å². The van der Waals surface area contributed by atoms with E-state index in [4.69, 9.17) is 9.47 Å². The number of ether oxygens (including phenoxy) is 2. The van der Waals surface area contributed by atoms with Crippen LogP contribution in [-0.2, 0) is 14.3 Å². The van der Waals surface area contributed by atoms with Crippen LogP contribution < -0.4 is 5.32 Å². The van der Waals surface area contributed by atoms with Crippen LogP contribution >= 0.6 is 0 Å². The lowest BCUT2D eigenvalue weighted by molar-refractivity contribution is -0.302. The zero-order valence-corrected chi connectivity index (χ0v) is 45.9. The Bertz CT molecular complexity index is 1050. The van der Waals surface area contributed by atoms with E-state index in [9.17, 15) is 30.3 Å². The van der Waals surface area contributed by atoms with Crippen molar-refractivity contribution in [1.29, 1.82) is 0 Å². The molecule has 1 saturated heterocycles. The monoisotopic (exact) mass is 982 g/mol. The normalized spacial score (nSPS) is 19.3. The van der Waals surface area contributed by atoms with Crippen molar-refractivity contribution in [3.05, 3.63) is 0 Å². The van der Waals surface area contributed by atoms with Crippen LogP contribution in [-0.4, -0.2) is 87.5 Å². The van der Waals surface area contributed by atoms with Gasteiger partial charge in [-0.25, -0.2) is 0 Å². The van der Waals surface area contributed by atoms with Gasteiger partial charge in [0.25, 0.3) is 0 Å². The Hall–Kier alpha value is -0.810. The van der Waals surface area contributed by atoms with Crippen LogP contribution in [0.4, 0.5) is 0 Å². The molecule has 0 bridgehead atoms. The van der Waals surface area contributed by atoms with Gasteiger partial charge in [-0.1, -0.05) is 303 Å². The van der Waals surface area contributed by atoms with Gasteiger partial charge in [-0.05, 0) is 12.8 Å². The second-order valence-corrected chi connectivity index (χ2v) is 21.9. The van der Waals surface area contributed by atoms with E-state index in [0.717, 1.165) is 38.5 Å². The molecule has 0 saturated carbocycles. The molecular weight excluding hydrogens is 863 g/mol. The Morgan fingerprint density at radius 2 is 0.725 bits per heavy atom. The molecule has 7 atom stereocenters. The highest BCUT2D eigenvalue weighted by Gasteiger charge is 2.44. The van der Waals surface area contributed by atoms with E-state index in [1.165, 1.54) is 257 Å². The van der Waals surface area contributed by atoms with E-state index in [-0.39, 0.29) is 12.5 Å². The Morgan fingerprint density at radius 1 is 0.435 bits per heavy atom. The molecule has 69 heavy (non-hydrogen) atoms. The maximum Gasteiger partial charge on any atom is 0.220 e. The molecule has 0 aromatic rings. The number of aliphatic hydroxyl groups is 5. The first-order valence-electron chi connectivity index (χ1n) is 30.7. The minimum atomic E-state index is -1.55. The van der Waals surface area contributed by atoms with Gasteiger partial charge in [0.1, 0.15) is 24.4 Å². The van der Waals surface area contributed by atoms with Gasteiger partial charge in [-0.2, -0.15) is 0 Å². The van der Waals surface area contributed by atoms with Crippen molar-refractivity contribution in [3.63, 3.8) is 0 Å². The first-order chi connectivity index (χ1) is 33.8. The molecule has 1 rings (SSSR count). The van der Waals surface area contributed by atoms with Gasteiger partial charge in [0, 0.05) is 6.42 Å². The summed E-state index contributed by atoms with van der Waals surface area (Å²) in [6.45, 7) is 3.86. The maximum absolute atomic E-state index is 13.0. The third kappa shape index (κ3) is 40.3. The minimum Gasteiger partial charge on any atom is -0.394 e. The maximum atomic E-state index is 13.0. The first kappa shape index (κ1) is 66.2. The number of nitrogens with one attached hydrogen (secondary N) is 1. The predicted molar refractivity (Wildman–Crippen MR) is 291 cm³/mol. The lowest BCUT2D eigenvalue weighted by Crippen LogP contribution is -2.60. The Morgan fingerprint density at radius 3 is 1.03 bits per heavy atom. The fourth-order valence-corrected chi connectivity index (χ4v) is 10.3. The molecule has 9 heteroatoms. The van der Waals surface area contributed by atoms with Gasteiger partial charge in [-0.15, -0.1) is 0 Å². The van der Waals surface area contributed by atoms with Crippen LogP contribution in [0.25, 0.3) is 0 Å². The fraction of sp³-hybridized carbons (Fsp3) is 0.983. The number of carbonyl (C=O) groups is 1. The zero-order chi connectivity index (χ0) is 50.1. The number of rotatable bonds is 54. The quantitative estimate of drug-likeness (QED) is 0.0330. The molecule has 1 fully saturated rings. The van der Waals surface area contributed by atoms with Gasteiger partial charge in [0.05, 0.1) is 25.4 Å². The zero-order valence-electron chi connectivity index (χ0n) is 45.9. The number of hydrogen-bond acceptors (Lipinski definition) is 8. The molecule has 0 aliphatic carbocycles. The Labute approximate surface area is 427 Å². The van der Waals surface area contributed by atoms with E-state index < -0.39 is 49.5 Å². The summed E-state index contributed by atoms with van der Waals surface area (Å²) in [7, 11) is 0. The molecule has 1 aliphatic rings. The third-order valence-corrected chi connectivity index (χ3v) is 15.2. The van der Waals surface area contributed by atoms with E-state index in [0.29, 0.717) is 12.8 Å². The molecule has 0 aromatic heterocycles. The van der Waals surface area contributed by atoms with Crippen molar-refractivity contribution in [3.8, 4) is 0 Å². The van der Waals surface area contributed by atoms with Gasteiger partial charge < -0.3 is 40.3 Å². The highest BCUT2D eigenvalue weighted by atomic mass is 16.7. The molecule has 9 nitrogen and oxygen atoms in total. The van der Waals surface area contributed by atoms with E-state index in [1.54, 1.807) is 0 Å². The average molecular weight is 983 g/mol. The molecule has 1 amide bonds. The summed E-state index contributed by atoms with van der Waals surface area (Å²) in [5.74, 6) is -0.138. The number of hydrogen-bond donors (Lipinski definition) is 6. The molecule has 1 heterocycles. The highest BCUT2D eigenvalue weighted by Crippen LogP contribution is 2.24. The van der Waals surface area contributed by atoms with Crippen molar-refractivity contribution < 1.29 is 39.8 Å². The summed E-state index contributed by atoms with van der Waals surface area (Å²) in [6.07, 6.45) is 54.6. The molecular formula is C60H119NO8. The number of carbonyl (C=O) groups excluding carboxylic acids is 1. The van der Waals surface area contributed by atoms with Crippen LogP contribution in [0.15, 0.2) is 0 Å². The number of unbranched alkanes of at least 4 members (excludes halogenated alkanes) is 44. The van der Waals surface area contributed by atoms with Crippen molar-refractivity contribution in [2.75, 3.05) is 13.2 Å². The van der Waals surface area contributed by atoms with E-state index in [1.807, 2.05) is 0 Å². The Balaban J connectivity index is 2.01. The largest absolute Gasteiger partial charge is 0.394 e. The summed E-state index contributed by atoms with van der Waals surface area (Å²) in [6, 6.07) is -0.712.